The largest absolute Gasteiger partial charge is 0.327 e. The predicted molar refractivity (Wildman–Crippen MR) is 132 cm³/mol. The van der Waals surface area contributed by atoms with Crippen LogP contribution in [0.15, 0.2) is 48.5 Å². The molecule has 2 aromatic rings. The van der Waals surface area contributed by atoms with Crippen molar-refractivity contribution >= 4 is 35.3 Å². The third-order valence-corrected chi connectivity index (χ3v) is 8.16. The third-order valence-electron chi connectivity index (χ3n) is 6.96. The van der Waals surface area contributed by atoms with Crippen LogP contribution in [0.3, 0.4) is 0 Å². The molecule has 35 heavy (non-hydrogen) atoms. The van der Waals surface area contributed by atoms with Crippen molar-refractivity contribution in [2.45, 2.75) is 30.5 Å². The van der Waals surface area contributed by atoms with Crippen LogP contribution in [0, 0.1) is 11.7 Å². The second kappa shape index (κ2) is 9.60. The Hall–Kier alpha value is -2.95. The number of thioether (sulfide) groups is 1. The minimum Gasteiger partial charge on any atom is -0.311 e. The van der Waals surface area contributed by atoms with E-state index < -0.39 is 29.7 Å². The second-order valence-electron chi connectivity index (χ2n) is 9.09. The molecule has 3 heterocycles. The molecule has 0 bridgehead atoms. The van der Waals surface area contributed by atoms with Gasteiger partial charge in [0.05, 0.1) is 29.4 Å². The number of anilines is 1. The van der Waals surface area contributed by atoms with Crippen molar-refractivity contribution in [1.29, 1.82) is 0 Å². The zero-order chi connectivity index (χ0) is 24.7. The fourth-order valence-electron chi connectivity index (χ4n) is 5.08. The van der Waals surface area contributed by atoms with Gasteiger partial charge in [0.1, 0.15) is 5.82 Å². The first-order chi connectivity index (χ1) is 16.8. The smallest absolute Gasteiger partial charge is 0.311 e. The van der Waals surface area contributed by atoms with Gasteiger partial charge in [0.25, 0.3) is 0 Å². The summed E-state index contributed by atoms with van der Waals surface area (Å²) in [6, 6.07) is 13.6. The molecular formula is C25H28FN5O3S. The highest BCUT2D eigenvalue weighted by atomic mass is 32.2. The molecule has 2 saturated heterocycles. The number of hydrogen-bond donors (Lipinski definition) is 2. The summed E-state index contributed by atoms with van der Waals surface area (Å²) in [6.45, 7) is 0.666. The normalized spacial score (nSPS) is 26.4. The molecule has 4 atom stereocenters. The molecule has 0 aromatic heterocycles. The molecule has 2 aromatic carbocycles. The van der Waals surface area contributed by atoms with Gasteiger partial charge in [-0.3, -0.25) is 25.1 Å². The third kappa shape index (κ3) is 4.41. The van der Waals surface area contributed by atoms with E-state index in [1.807, 2.05) is 23.1 Å². The van der Waals surface area contributed by atoms with Crippen LogP contribution in [-0.2, 0) is 16.0 Å². The van der Waals surface area contributed by atoms with Crippen molar-refractivity contribution in [2.24, 2.45) is 5.92 Å². The molecule has 5 rings (SSSR count). The summed E-state index contributed by atoms with van der Waals surface area (Å²) in [7, 11) is 3.13. The monoisotopic (exact) mass is 497 g/mol. The van der Waals surface area contributed by atoms with Gasteiger partial charge in [0.2, 0.25) is 11.8 Å². The van der Waals surface area contributed by atoms with Crippen molar-refractivity contribution in [3.63, 3.8) is 0 Å². The molecule has 4 unspecified atom stereocenters. The topological polar surface area (TPSA) is 85.0 Å². The van der Waals surface area contributed by atoms with Crippen LogP contribution < -0.4 is 15.5 Å². The summed E-state index contributed by atoms with van der Waals surface area (Å²) in [5.41, 5.74) is 2.89. The van der Waals surface area contributed by atoms with Gasteiger partial charge >= 0.3 is 6.03 Å². The van der Waals surface area contributed by atoms with Crippen molar-refractivity contribution in [1.82, 2.24) is 20.4 Å². The Morgan fingerprint density at radius 3 is 2.60 bits per heavy atom. The number of rotatable bonds is 4. The van der Waals surface area contributed by atoms with Crippen molar-refractivity contribution in [3.8, 4) is 0 Å². The lowest BCUT2D eigenvalue weighted by atomic mass is 9.96. The van der Waals surface area contributed by atoms with E-state index >= 15 is 0 Å². The lowest BCUT2D eigenvalue weighted by molar-refractivity contribution is -0.140. The van der Waals surface area contributed by atoms with E-state index in [2.05, 4.69) is 16.7 Å². The highest BCUT2D eigenvalue weighted by Gasteiger charge is 2.51. The maximum atomic E-state index is 13.5. The van der Waals surface area contributed by atoms with E-state index in [-0.39, 0.29) is 23.4 Å². The van der Waals surface area contributed by atoms with Crippen molar-refractivity contribution < 1.29 is 18.8 Å². The average molecular weight is 498 g/mol. The van der Waals surface area contributed by atoms with Crippen LogP contribution in [-0.4, -0.2) is 65.6 Å². The van der Waals surface area contributed by atoms with E-state index in [1.54, 1.807) is 19.2 Å². The van der Waals surface area contributed by atoms with E-state index in [0.29, 0.717) is 6.54 Å². The number of amides is 4. The van der Waals surface area contributed by atoms with Gasteiger partial charge in [-0.25, -0.2) is 9.18 Å². The standard InChI is InChI=1S/C25H28FN5O3S/c1-29-22-20(24(33)30(2)25(29)34)23(28-21(27-22)16-9-11-17(26)12-10-16)35-14-19(32)31-13-5-7-15-6-3-4-8-18(15)31/h3-4,6,8-12,20-23,27-28H,5,7,13-14H2,1-2H3. The molecular weight excluding hydrogens is 469 g/mol. The lowest BCUT2D eigenvalue weighted by Gasteiger charge is -2.50. The first-order valence-corrected chi connectivity index (χ1v) is 12.7. The molecule has 0 aliphatic carbocycles. The fraction of sp³-hybridized carbons (Fsp3) is 0.400. The number of hydrogen-bond acceptors (Lipinski definition) is 6. The Bertz CT molecular complexity index is 1150. The van der Waals surface area contributed by atoms with Gasteiger partial charge < -0.3 is 9.80 Å². The predicted octanol–water partition coefficient (Wildman–Crippen LogP) is 2.52. The van der Waals surface area contributed by atoms with Crippen LogP contribution in [0.1, 0.15) is 23.7 Å². The number of nitrogens with one attached hydrogen (secondary N) is 2. The summed E-state index contributed by atoms with van der Waals surface area (Å²) in [5.74, 6) is -1.07. The summed E-state index contributed by atoms with van der Waals surface area (Å²) < 4.78 is 13.5. The van der Waals surface area contributed by atoms with Crippen LogP contribution >= 0.6 is 11.8 Å². The quantitative estimate of drug-likeness (QED) is 0.676. The number of nitrogens with zero attached hydrogens (tertiary/aromatic N) is 3. The summed E-state index contributed by atoms with van der Waals surface area (Å²) in [4.78, 5) is 43.5. The number of urea groups is 1. The number of imide groups is 1. The molecule has 3 aliphatic rings. The molecule has 3 aliphatic heterocycles. The molecule has 8 nitrogen and oxygen atoms in total. The molecule has 2 N–H and O–H groups in total. The van der Waals surface area contributed by atoms with Gasteiger partial charge in [0, 0.05) is 26.3 Å². The van der Waals surface area contributed by atoms with Crippen LogP contribution in [0.4, 0.5) is 14.9 Å². The zero-order valence-corrected chi connectivity index (χ0v) is 20.4. The molecule has 0 spiro atoms. The van der Waals surface area contributed by atoms with Gasteiger partial charge in [-0.1, -0.05) is 30.3 Å². The Balaban J connectivity index is 1.38. The Morgan fingerprint density at radius 2 is 1.83 bits per heavy atom. The average Bonchev–Trinajstić information content (AvgIpc) is 2.88. The first-order valence-electron chi connectivity index (χ1n) is 11.7. The van der Waals surface area contributed by atoms with E-state index in [4.69, 9.17) is 0 Å². The van der Waals surface area contributed by atoms with E-state index in [0.717, 1.165) is 34.6 Å². The number of para-hydroxylation sites is 1. The summed E-state index contributed by atoms with van der Waals surface area (Å²) in [6.07, 6.45) is 0.872. The van der Waals surface area contributed by atoms with Gasteiger partial charge in [-0.2, -0.15) is 0 Å². The maximum Gasteiger partial charge on any atom is 0.327 e. The minimum absolute atomic E-state index is 0.0154. The van der Waals surface area contributed by atoms with Crippen molar-refractivity contribution in [3.05, 3.63) is 65.5 Å². The minimum atomic E-state index is -0.592. The SMILES string of the molecule is CN1C(=O)C2C(SCC(=O)N3CCCc4ccccc43)NC(c3ccc(F)cc3)NC2N(C)C1=O. The zero-order valence-electron chi connectivity index (χ0n) is 19.6. The van der Waals surface area contributed by atoms with Gasteiger partial charge in [-0.05, 0) is 42.2 Å². The summed E-state index contributed by atoms with van der Waals surface area (Å²) >= 11 is 1.37. The number of halogens is 1. The number of carbonyl (C=O) groups excluding carboxylic acids is 3. The van der Waals surface area contributed by atoms with E-state index in [9.17, 15) is 18.8 Å². The molecule has 2 fully saturated rings. The molecule has 4 amide bonds. The fourth-order valence-corrected chi connectivity index (χ4v) is 6.26. The lowest BCUT2D eigenvalue weighted by Crippen LogP contribution is -2.72. The number of aryl methyl sites for hydroxylation is 1. The Morgan fingerprint density at radius 1 is 1.09 bits per heavy atom. The number of benzene rings is 2. The molecule has 184 valence electrons. The van der Waals surface area contributed by atoms with Gasteiger partial charge in [-0.15, -0.1) is 11.8 Å². The maximum absolute atomic E-state index is 13.5. The van der Waals surface area contributed by atoms with Gasteiger partial charge in [0.15, 0.2) is 0 Å². The van der Waals surface area contributed by atoms with Crippen LogP contribution in [0.5, 0.6) is 0 Å². The Labute approximate surface area is 207 Å². The molecule has 0 saturated carbocycles. The second-order valence-corrected chi connectivity index (χ2v) is 10.2. The first kappa shape index (κ1) is 23.8. The van der Waals surface area contributed by atoms with Crippen LogP contribution in [0.25, 0.3) is 0 Å². The highest BCUT2D eigenvalue weighted by Crippen LogP contribution is 2.35. The van der Waals surface area contributed by atoms with Crippen molar-refractivity contribution in [2.75, 3.05) is 31.3 Å². The number of fused-ring (bicyclic) bond motifs is 2. The highest BCUT2D eigenvalue weighted by molar-refractivity contribution is 8.00. The molecule has 0 radical (unpaired) electrons. The van der Waals surface area contributed by atoms with Crippen LogP contribution in [0.2, 0.25) is 0 Å². The molecule has 10 heteroatoms. The number of carbonyl (C=O) groups is 3. The van der Waals surface area contributed by atoms with E-state index in [1.165, 1.54) is 35.8 Å². The Kier molecular flexibility index (Phi) is 6.52. The summed E-state index contributed by atoms with van der Waals surface area (Å²) in [5, 5.41) is 6.32.